The van der Waals surface area contributed by atoms with Crippen molar-refractivity contribution in [3.63, 3.8) is 0 Å². The number of benzene rings is 1. The van der Waals surface area contributed by atoms with Crippen LogP contribution >= 0.6 is 11.3 Å². The number of nitrogens with one attached hydrogen (secondary N) is 1. The first-order chi connectivity index (χ1) is 12.9. The molecule has 1 aliphatic rings. The number of fused-ring (bicyclic) bond motifs is 1. The first-order valence-corrected chi connectivity index (χ1v) is 11.5. The first-order valence-electron chi connectivity index (χ1n) is 8.83. The van der Waals surface area contributed by atoms with E-state index in [1.807, 2.05) is 29.1 Å². The summed E-state index contributed by atoms with van der Waals surface area (Å²) in [5.74, 6) is -0.191. The van der Waals surface area contributed by atoms with Crippen molar-refractivity contribution in [2.24, 2.45) is 0 Å². The van der Waals surface area contributed by atoms with Crippen LogP contribution in [-0.4, -0.2) is 25.1 Å². The Kier molecular flexibility index (Phi) is 4.65. The average Bonchev–Trinajstić information content (AvgIpc) is 3.28. The van der Waals surface area contributed by atoms with Crippen LogP contribution < -0.4 is 5.32 Å². The molecule has 2 heterocycles. The Labute approximate surface area is 162 Å². The van der Waals surface area contributed by atoms with Gasteiger partial charge in [0.05, 0.1) is 10.5 Å². The summed E-state index contributed by atoms with van der Waals surface area (Å²) in [6.45, 7) is 0. The maximum absolute atomic E-state index is 13.2. The Morgan fingerprint density at radius 3 is 2.59 bits per heavy atom. The fourth-order valence-corrected chi connectivity index (χ4v) is 5.45. The highest BCUT2D eigenvalue weighted by molar-refractivity contribution is 7.90. The molecule has 0 saturated carbocycles. The molecule has 1 N–H and O–H groups in total. The Balaban J connectivity index is 1.73. The third kappa shape index (κ3) is 3.57. The molecule has 27 heavy (non-hydrogen) atoms. The number of hydrogen-bond donors (Lipinski definition) is 1. The van der Waals surface area contributed by atoms with Crippen LogP contribution in [0.15, 0.2) is 53.7 Å². The SMILES string of the molecule is CS(=O)(=O)c1cccc(NC(=O)c2c(-n3cccc3)sc3c2CCCC3)c1. The number of aryl methyl sites for hydroxylation is 1. The second-order valence-corrected chi connectivity index (χ2v) is 9.83. The number of aromatic nitrogens is 1. The minimum absolute atomic E-state index is 0.191. The van der Waals surface area contributed by atoms with Gasteiger partial charge in [0.1, 0.15) is 5.00 Å². The number of nitrogens with zero attached hydrogens (tertiary/aromatic N) is 1. The first kappa shape index (κ1) is 18.0. The smallest absolute Gasteiger partial charge is 0.258 e. The van der Waals surface area contributed by atoms with Gasteiger partial charge in [-0.15, -0.1) is 11.3 Å². The van der Waals surface area contributed by atoms with E-state index in [0.717, 1.165) is 42.5 Å². The molecule has 0 aliphatic heterocycles. The molecule has 0 bridgehead atoms. The predicted octanol–water partition coefficient (Wildman–Crippen LogP) is 4.07. The van der Waals surface area contributed by atoms with E-state index in [1.54, 1.807) is 23.5 Å². The molecular formula is C20H20N2O3S2. The topological polar surface area (TPSA) is 68.2 Å². The molecule has 1 amide bonds. The molecule has 2 aromatic heterocycles. The Hall–Kier alpha value is -2.38. The Morgan fingerprint density at radius 1 is 1.11 bits per heavy atom. The largest absolute Gasteiger partial charge is 0.322 e. The molecule has 0 radical (unpaired) electrons. The quantitative estimate of drug-likeness (QED) is 0.718. The fourth-order valence-electron chi connectivity index (χ4n) is 3.44. The van der Waals surface area contributed by atoms with E-state index in [9.17, 15) is 13.2 Å². The lowest BCUT2D eigenvalue weighted by Gasteiger charge is -2.13. The summed E-state index contributed by atoms with van der Waals surface area (Å²) in [5, 5.41) is 3.82. The lowest BCUT2D eigenvalue weighted by Crippen LogP contribution is -2.16. The van der Waals surface area contributed by atoms with Gasteiger partial charge in [-0.25, -0.2) is 8.42 Å². The normalized spacial score (nSPS) is 14.0. The van der Waals surface area contributed by atoms with Gasteiger partial charge in [0.15, 0.2) is 9.84 Å². The summed E-state index contributed by atoms with van der Waals surface area (Å²) in [7, 11) is -3.33. The van der Waals surface area contributed by atoms with Crippen molar-refractivity contribution in [3.8, 4) is 5.00 Å². The highest BCUT2D eigenvalue weighted by atomic mass is 32.2. The molecule has 5 nitrogen and oxygen atoms in total. The van der Waals surface area contributed by atoms with Gasteiger partial charge in [0.2, 0.25) is 0 Å². The number of amides is 1. The summed E-state index contributed by atoms with van der Waals surface area (Å²) in [5.41, 5.74) is 2.32. The molecule has 7 heteroatoms. The molecule has 0 saturated heterocycles. The lowest BCUT2D eigenvalue weighted by molar-refractivity contribution is 0.102. The number of hydrogen-bond acceptors (Lipinski definition) is 4. The van der Waals surface area contributed by atoms with Gasteiger partial charge in [0, 0.05) is 29.2 Å². The molecule has 4 rings (SSSR count). The van der Waals surface area contributed by atoms with Crippen LogP contribution in [-0.2, 0) is 22.7 Å². The van der Waals surface area contributed by atoms with Gasteiger partial charge in [-0.3, -0.25) is 4.79 Å². The summed E-state index contributed by atoms with van der Waals surface area (Å²) in [4.78, 5) is 14.6. The second kappa shape index (κ2) is 6.98. The van der Waals surface area contributed by atoms with Crippen molar-refractivity contribution in [2.45, 2.75) is 30.6 Å². The van der Waals surface area contributed by atoms with Crippen LogP contribution in [0.5, 0.6) is 0 Å². The van der Waals surface area contributed by atoms with E-state index in [4.69, 9.17) is 0 Å². The highest BCUT2D eigenvalue weighted by Gasteiger charge is 2.26. The molecular weight excluding hydrogens is 380 g/mol. The molecule has 0 spiro atoms. The zero-order valence-corrected chi connectivity index (χ0v) is 16.6. The molecule has 3 aromatic rings. The van der Waals surface area contributed by atoms with Gasteiger partial charge in [-0.05, 0) is 61.6 Å². The van der Waals surface area contributed by atoms with E-state index >= 15 is 0 Å². The van der Waals surface area contributed by atoms with Crippen LogP contribution in [0.25, 0.3) is 5.00 Å². The Morgan fingerprint density at radius 2 is 1.85 bits per heavy atom. The fraction of sp³-hybridized carbons (Fsp3) is 0.250. The molecule has 0 unspecified atom stereocenters. The van der Waals surface area contributed by atoms with E-state index in [0.29, 0.717) is 11.3 Å². The number of rotatable bonds is 4. The van der Waals surface area contributed by atoms with Gasteiger partial charge in [-0.1, -0.05) is 6.07 Å². The summed E-state index contributed by atoms with van der Waals surface area (Å²) in [6.07, 6.45) is 9.18. The monoisotopic (exact) mass is 400 g/mol. The number of anilines is 1. The predicted molar refractivity (Wildman–Crippen MR) is 108 cm³/mol. The lowest BCUT2D eigenvalue weighted by atomic mass is 9.95. The highest BCUT2D eigenvalue weighted by Crippen LogP contribution is 2.37. The van der Waals surface area contributed by atoms with Crippen LogP contribution in [0.4, 0.5) is 5.69 Å². The van der Waals surface area contributed by atoms with Crippen molar-refractivity contribution < 1.29 is 13.2 Å². The van der Waals surface area contributed by atoms with Crippen molar-refractivity contribution in [1.29, 1.82) is 0 Å². The van der Waals surface area contributed by atoms with Crippen LogP contribution in [0.3, 0.4) is 0 Å². The van der Waals surface area contributed by atoms with E-state index in [-0.39, 0.29) is 10.8 Å². The van der Waals surface area contributed by atoms with Crippen LogP contribution in [0.2, 0.25) is 0 Å². The van der Waals surface area contributed by atoms with E-state index < -0.39 is 9.84 Å². The average molecular weight is 401 g/mol. The van der Waals surface area contributed by atoms with Gasteiger partial charge >= 0.3 is 0 Å². The zero-order valence-electron chi connectivity index (χ0n) is 14.9. The van der Waals surface area contributed by atoms with Crippen LogP contribution in [0.1, 0.15) is 33.6 Å². The van der Waals surface area contributed by atoms with Gasteiger partial charge in [0.25, 0.3) is 5.91 Å². The van der Waals surface area contributed by atoms with E-state index in [1.165, 1.54) is 17.0 Å². The maximum atomic E-state index is 13.2. The van der Waals surface area contributed by atoms with Gasteiger partial charge in [-0.2, -0.15) is 0 Å². The number of carbonyl (C=O) groups is 1. The number of carbonyl (C=O) groups excluding carboxylic acids is 1. The molecule has 140 valence electrons. The van der Waals surface area contributed by atoms with E-state index in [2.05, 4.69) is 5.32 Å². The third-order valence-corrected chi connectivity index (χ3v) is 7.15. The third-order valence-electron chi connectivity index (χ3n) is 4.74. The maximum Gasteiger partial charge on any atom is 0.258 e. The van der Waals surface area contributed by atoms with Gasteiger partial charge < -0.3 is 9.88 Å². The summed E-state index contributed by atoms with van der Waals surface area (Å²) >= 11 is 1.67. The zero-order chi connectivity index (χ0) is 19.0. The second-order valence-electron chi connectivity index (χ2n) is 6.74. The Bertz CT molecular complexity index is 1100. The van der Waals surface area contributed by atoms with Crippen LogP contribution in [0, 0.1) is 0 Å². The molecule has 0 fully saturated rings. The summed E-state index contributed by atoms with van der Waals surface area (Å²) < 4.78 is 25.5. The molecule has 1 aromatic carbocycles. The van der Waals surface area contributed by atoms with Crippen molar-refractivity contribution >= 4 is 32.8 Å². The number of sulfone groups is 1. The standard InChI is InChI=1S/C20H20N2O3S2/c1-27(24,25)15-8-6-7-14(13-15)21-19(23)18-16-9-2-3-10-17(16)26-20(18)22-11-4-5-12-22/h4-8,11-13H,2-3,9-10H2,1H3,(H,21,23). The minimum atomic E-state index is -3.33. The minimum Gasteiger partial charge on any atom is -0.322 e. The molecule has 0 atom stereocenters. The van der Waals surface area contributed by atoms with Crippen molar-refractivity contribution in [3.05, 3.63) is 64.8 Å². The van der Waals surface area contributed by atoms with Crippen molar-refractivity contribution in [2.75, 3.05) is 11.6 Å². The van der Waals surface area contributed by atoms with Crippen molar-refractivity contribution in [1.82, 2.24) is 4.57 Å². The summed E-state index contributed by atoms with van der Waals surface area (Å²) in [6, 6.07) is 10.3. The number of thiophene rings is 1. The molecule has 1 aliphatic carbocycles.